The molecule has 16 heavy (non-hydrogen) atoms. The van der Waals surface area contributed by atoms with Gasteiger partial charge in [-0.05, 0) is 40.8 Å². The molecule has 1 aromatic rings. The average Bonchev–Trinajstić information content (AvgIpc) is 3.10. The Hall–Kier alpha value is -1.69. The van der Waals surface area contributed by atoms with Gasteiger partial charge in [-0.25, -0.2) is 0 Å². The van der Waals surface area contributed by atoms with Crippen molar-refractivity contribution in [1.82, 2.24) is 4.98 Å². The maximum absolute atomic E-state index is 10.7. The maximum Gasteiger partial charge on any atom is 0.386 e. The second kappa shape index (κ2) is 4.44. The molecule has 0 aliphatic heterocycles. The van der Waals surface area contributed by atoms with E-state index in [0.29, 0.717) is 18.2 Å². The summed E-state index contributed by atoms with van der Waals surface area (Å²) in [7, 11) is 0. The van der Waals surface area contributed by atoms with Gasteiger partial charge in [-0.1, -0.05) is 0 Å². The molecule has 1 saturated carbocycles. The van der Waals surface area contributed by atoms with Gasteiger partial charge in [0, 0.05) is 12.6 Å². The van der Waals surface area contributed by atoms with Gasteiger partial charge < -0.3 is 21.2 Å². The Morgan fingerprint density at radius 1 is 1.69 bits per heavy atom. The van der Waals surface area contributed by atoms with E-state index in [9.17, 15) is 10.1 Å². The summed E-state index contributed by atoms with van der Waals surface area (Å²) in [5.41, 5.74) is 6.33. The van der Waals surface area contributed by atoms with Gasteiger partial charge in [-0.15, -0.1) is 0 Å². The summed E-state index contributed by atoms with van der Waals surface area (Å²) in [6.45, 7) is 0.553. The average molecular weight is 222 g/mol. The number of nitro groups is 1. The first-order valence-electron chi connectivity index (χ1n) is 5.27. The van der Waals surface area contributed by atoms with Gasteiger partial charge in [-0.3, -0.25) is 0 Å². The minimum absolute atomic E-state index is 0.0693. The number of rotatable bonds is 5. The molecule has 3 N–H and O–H groups in total. The van der Waals surface area contributed by atoms with Crippen LogP contribution in [0.3, 0.4) is 0 Å². The van der Waals surface area contributed by atoms with Crippen LogP contribution in [0.4, 0.5) is 11.5 Å². The fourth-order valence-electron chi connectivity index (χ4n) is 1.60. The van der Waals surface area contributed by atoms with Crippen molar-refractivity contribution < 1.29 is 4.92 Å². The Bertz CT molecular complexity index is 392. The third-order valence-electron chi connectivity index (χ3n) is 2.72. The minimum Gasteiger partial charge on any atom is -0.377 e. The topological polar surface area (TPSA) is 94.1 Å². The normalized spacial score (nSPS) is 16.8. The van der Waals surface area contributed by atoms with Crippen molar-refractivity contribution >= 4 is 11.5 Å². The molecule has 1 aromatic heterocycles. The van der Waals surface area contributed by atoms with Crippen molar-refractivity contribution in [3.05, 3.63) is 28.4 Å². The molecular weight excluding hydrogens is 208 g/mol. The molecule has 1 atom stereocenters. The summed E-state index contributed by atoms with van der Waals surface area (Å²) in [6.07, 6.45) is 3.74. The highest BCUT2D eigenvalue weighted by atomic mass is 16.6. The van der Waals surface area contributed by atoms with E-state index < -0.39 is 4.92 Å². The summed E-state index contributed by atoms with van der Waals surface area (Å²) in [5.74, 6) is 0.425. The van der Waals surface area contributed by atoms with Crippen molar-refractivity contribution in [2.24, 2.45) is 11.7 Å². The van der Waals surface area contributed by atoms with Crippen LogP contribution in [0.2, 0.25) is 0 Å². The van der Waals surface area contributed by atoms with Crippen molar-refractivity contribution in [3.63, 3.8) is 0 Å². The maximum atomic E-state index is 10.7. The predicted octanol–water partition coefficient (Wildman–Crippen LogP) is 1.14. The van der Waals surface area contributed by atoms with Crippen LogP contribution in [-0.2, 0) is 0 Å². The molecule has 6 nitrogen and oxygen atoms in total. The van der Waals surface area contributed by atoms with Gasteiger partial charge in [0.1, 0.15) is 11.9 Å². The summed E-state index contributed by atoms with van der Waals surface area (Å²) >= 11 is 0. The number of nitrogens with zero attached hydrogens (tertiary/aromatic N) is 2. The van der Waals surface area contributed by atoms with Gasteiger partial charge in [-0.2, -0.15) is 0 Å². The zero-order chi connectivity index (χ0) is 11.5. The van der Waals surface area contributed by atoms with Crippen LogP contribution >= 0.6 is 0 Å². The van der Waals surface area contributed by atoms with Gasteiger partial charge in [0.25, 0.3) is 0 Å². The van der Waals surface area contributed by atoms with E-state index in [2.05, 4.69) is 10.3 Å². The Labute approximate surface area is 93.0 Å². The van der Waals surface area contributed by atoms with Crippen LogP contribution < -0.4 is 11.1 Å². The van der Waals surface area contributed by atoms with Crippen LogP contribution in [0.1, 0.15) is 12.8 Å². The molecular formula is C10H14N4O2. The quantitative estimate of drug-likeness (QED) is 0.575. The third kappa shape index (κ3) is 2.46. The van der Waals surface area contributed by atoms with Crippen molar-refractivity contribution in [2.45, 2.75) is 18.9 Å². The second-order valence-electron chi connectivity index (χ2n) is 4.01. The van der Waals surface area contributed by atoms with E-state index in [1.54, 1.807) is 12.1 Å². The number of nitrogens with one attached hydrogen (secondary N) is 1. The van der Waals surface area contributed by atoms with E-state index in [0.717, 1.165) is 12.8 Å². The molecule has 6 heteroatoms. The first kappa shape index (κ1) is 10.8. The molecule has 0 spiro atoms. The molecule has 1 aliphatic rings. The molecule has 0 saturated heterocycles. The van der Waals surface area contributed by atoms with Gasteiger partial charge in [0.15, 0.2) is 0 Å². The van der Waals surface area contributed by atoms with Gasteiger partial charge in [0.2, 0.25) is 0 Å². The van der Waals surface area contributed by atoms with Crippen LogP contribution in [0.15, 0.2) is 18.3 Å². The lowest BCUT2D eigenvalue weighted by Crippen LogP contribution is -2.31. The standard InChI is InChI=1S/C10H14N4O2/c11-8(7-3-4-7)6-13-9-2-1-5-12-10(9)14(15)16/h1-2,5,7-8,13H,3-4,6,11H2. The summed E-state index contributed by atoms with van der Waals surface area (Å²) in [6, 6.07) is 3.38. The minimum atomic E-state index is -0.495. The Balaban J connectivity index is 1.99. The van der Waals surface area contributed by atoms with E-state index in [4.69, 9.17) is 5.73 Å². The van der Waals surface area contributed by atoms with E-state index in [-0.39, 0.29) is 11.9 Å². The van der Waals surface area contributed by atoms with E-state index in [1.807, 2.05) is 0 Å². The van der Waals surface area contributed by atoms with E-state index >= 15 is 0 Å². The van der Waals surface area contributed by atoms with Gasteiger partial charge in [0.05, 0.1) is 0 Å². The Morgan fingerprint density at radius 3 is 3.06 bits per heavy atom. The molecule has 0 amide bonds. The highest BCUT2D eigenvalue weighted by Crippen LogP contribution is 2.31. The predicted molar refractivity (Wildman–Crippen MR) is 60.1 cm³/mol. The lowest BCUT2D eigenvalue weighted by atomic mass is 10.2. The lowest BCUT2D eigenvalue weighted by molar-refractivity contribution is -0.388. The van der Waals surface area contributed by atoms with Crippen molar-refractivity contribution in [3.8, 4) is 0 Å². The number of nitrogens with two attached hydrogens (primary N) is 1. The van der Waals surface area contributed by atoms with Crippen LogP contribution in [0.5, 0.6) is 0 Å². The first-order chi connectivity index (χ1) is 7.68. The molecule has 1 fully saturated rings. The third-order valence-corrected chi connectivity index (χ3v) is 2.72. The number of anilines is 1. The van der Waals surface area contributed by atoms with Gasteiger partial charge >= 0.3 is 5.82 Å². The lowest BCUT2D eigenvalue weighted by Gasteiger charge is -2.12. The highest BCUT2D eigenvalue weighted by Gasteiger charge is 2.28. The zero-order valence-electron chi connectivity index (χ0n) is 8.80. The molecule has 1 heterocycles. The highest BCUT2D eigenvalue weighted by molar-refractivity contribution is 5.56. The number of hydrogen-bond donors (Lipinski definition) is 2. The summed E-state index contributed by atoms with van der Waals surface area (Å²) in [4.78, 5) is 13.9. The zero-order valence-corrected chi connectivity index (χ0v) is 8.80. The summed E-state index contributed by atoms with van der Waals surface area (Å²) < 4.78 is 0. The summed E-state index contributed by atoms with van der Waals surface area (Å²) in [5, 5.41) is 13.7. The smallest absolute Gasteiger partial charge is 0.377 e. The molecule has 0 aromatic carbocycles. The Kier molecular flexibility index (Phi) is 3.00. The fraction of sp³-hybridized carbons (Fsp3) is 0.500. The van der Waals surface area contributed by atoms with E-state index in [1.165, 1.54) is 6.20 Å². The molecule has 0 bridgehead atoms. The Morgan fingerprint density at radius 2 is 2.44 bits per heavy atom. The van der Waals surface area contributed by atoms with Crippen LogP contribution in [-0.4, -0.2) is 22.5 Å². The van der Waals surface area contributed by atoms with Crippen molar-refractivity contribution in [2.75, 3.05) is 11.9 Å². The number of hydrogen-bond acceptors (Lipinski definition) is 5. The second-order valence-corrected chi connectivity index (χ2v) is 4.01. The first-order valence-corrected chi connectivity index (χ1v) is 5.27. The largest absolute Gasteiger partial charge is 0.386 e. The van der Waals surface area contributed by atoms with Crippen molar-refractivity contribution in [1.29, 1.82) is 0 Å². The van der Waals surface area contributed by atoms with Crippen LogP contribution in [0, 0.1) is 16.0 Å². The molecule has 2 rings (SSSR count). The molecule has 0 radical (unpaired) electrons. The number of aromatic nitrogens is 1. The molecule has 1 aliphatic carbocycles. The van der Waals surface area contributed by atoms with Crippen LogP contribution in [0.25, 0.3) is 0 Å². The monoisotopic (exact) mass is 222 g/mol. The molecule has 86 valence electrons. The SMILES string of the molecule is NC(CNc1cccnc1[N+](=O)[O-])C1CC1. The molecule has 1 unspecified atom stereocenters. The number of pyridine rings is 1. The fourth-order valence-corrected chi connectivity index (χ4v) is 1.60.